The number of anilines is 1. The van der Waals surface area contributed by atoms with Gasteiger partial charge in [0.1, 0.15) is 12.2 Å². The fraction of sp³-hybridized carbons (Fsp3) is 0.529. The van der Waals surface area contributed by atoms with Crippen molar-refractivity contribution in [2.24, 2.45) is 0 Å². The number of nitrogens with zero attached hydrogens (tertiary/aromatic N) is 1. The summed E-state index contributed by atoms with van der Waals surface area (Å²) in [6.45, 7) is 6.24. The Balaban J connectivity index is 1.93. The summed E-state index contributed by atoms with van der Waals surface area (Å²) in [5.74, 6) is -0.473. The number of hydrogen-bond donors (Lipinski definition) is 1. The quantitative estimate of drug-likeness (QED) is 0.684. The minimum Gasteiger partial charge on any atom is -0.460 e. The van der Waals surface area contributed by atoms with Crippen LogP contribution < -0.4 is 5.73 Å². The highest BCUT2D eigenvalue weighted by molar-refractivity contribution is 5.95. The van der Waals surface area contributed by atoms with Crippen LogP contribution in [0.3, 0.4) is 0 Å². The van der Waals surface area contributed by atoms with E-state index in [9.17, 15) is 9.59 Å². The van der Waals surface area contributed by atoms with E-state index in [1.807, 2.05) is 20.8 Å². The number of nitrogens with two attached hydrogens (primary N) is 1. The minimum absolute atomic E-state index is 0.145. The summed E-state index contributed by atoms with van der Waals surface area (Å²) in [7, 11) is 0. The molecule has 1 aromatic rings. The van der Waals surface area contributed by atoms with Gasteiger partial charge in [0.2, 0.25) is 0 Å². The Morgan fingerprint density at radius 3 is 2.65 bits per heavy atom. The number of ether oxygens (including phenoxy) is 2. The third-order valence-electron chi connectivity index (χ3n) is 3.59. The van der Waals surface area contributed by atoms with E-state index in [0.717, 1.165) is 12.8 Å². The number of nitrogen functional groups attached to an aromatic ring is 1. The fourth-order valence-electron chi connectivity index (χ4n) is 2.50. The van der Waals surface area contributed by atoms with Gasteiger partial charge in [0, 0.05) is 12.2 Å². The highest BCUT2D eigenvalue weighted by Crippen LogP contribution is 2.22. The first-order valence-electron chi connectivity index (χ1n) is 7.79. The van der Waals surface area contributed by atoms with E-state index in [1.165, 1.54) is 0 Å². The van der Waals surface area contributed by atoms with Crippen molar-refractivity contribution in [2.75, 3.05) is 18.9 Å². The van der Waals surface area contributed by atoms with Gasteiger partial charge in [-0.05, 0) is 45.7 Å². The van der Waals surface area contributed by atoms with E-state index in [4.69, 9.17) is 15.2 Å². The molecule has 0 aromatic heterocycles. The standard InChI is InChI=1S/C17H24N2O4/c1-17(2,3)23-16(21)19-10-6-7-12(19)11-22-15(20)13-8-4-5-9-14(13)18/h4-5,8-9,12H,6-7,10-11,18H2,1-3H3/t12-/m0/s1. The Kier molecular flexibility index (Phi) is 5.13. The molecule has 0 bridgehead atoms. The molecule has 0 saturated carbocycles. The average molecular weight is 320 g/mol. The topological polar surface area (TPSA) is 81.9 Å². The van der Waals surface area contributed by atoms with E-state index >= 15 is 0 Å². The lowest BCUT2D eigenvalue weighted by Crippen LogP contribution is -2.42. The maximum absolute atomic E-state index is 12.2. The van der Waals surface area contributed by atoms with Gasteiger partial charge in [0.25, 0.3) is 0 Å². The molecule has 2 N–H and O–H groups in total. The second-order valence-corrected chi connectivity index (χ2v) is 6.66. The predicted molar refractivity (Wildman–Crippen MR) is 87.1 cm³/mol. The van der Waals surface area contributed by atoms with Crippen LogP contribution in [0.25, 0.3) is 0 Å². The van der Waals surface area contributed by atoms with Crippen LogP contribution in [-0.4, -0.2) is 41.8 Å². The summed E-state index contributed by atoms with van der Waals surface area (Å²) in [5.41, 5.74) is 5.95. The zero-order valence-electron chi connectivity index (χ0n) is 13.9. The van der Waals surface area contributed by atoms with Crippen LogP contribution in [0, 0.1) is 0 Å². The molecule has 2 rings (SSSR count). The molecule has 0 radical (unpaired) electrons. The van der Waals surface area contributed by atoms with Gasteiger partial charge < -0.3 is 20.1 Å². The molecule has 1 aliphatic rings. The van der Waals surface area contributed by atoms with Gasteiger partial charge in [-0.1, -0.05) is 12.1 Å². The lowest BCUT2D eigenvalue weighted by Gasteiger charge is -2.28. The van der Waals surface area contributed by atoms with Gasteiger partial charge in [-0.3, -0.25) is 0 Å². The Morgan fingerprint density at radius 1 is 1.30 bits per heavy atom. The van der Waals surface area contributed by atoms with Crippen molar-refractivity contribution < 1.29 is 19.1 Å². The Labute approximate surface area is 136 Å². The van der Waals surface area contributed by atoms with Crippen molar-refractivity contribution in [2.45, 2.75) is 45.3 Å². The first-order valence-corrected chi connectivity index (χ1v) is 7.79. The van der Waals surface area contributed by atoms with E-state index in [2.05, 4.69) is 0 Å². The number of likely N-dealkylation sites (tertiary alicyclic amines) is 1. The van der Waals surface area contributed by atoms with Gasteiger partial charge in [-0.25, -0.2) is 9.59 Å². The van der Waals surface area contributed by atoms with E-state index in [-0.39, 0.29) is 18.7 Å². The second-order valence-electron chi connectivity index (χ2n) is 6.66. The van der Waals surface area contributed by atoms with Crippen molar-refractivity contribution in [1.29, 1.82) is 0 Å². The average Bonchev–Trinajstić information content (AvgIpc) is 2.92. The molecule has 0 unspecified atom stereocenters. The summed E-state index contributed by atoms with van der Waals surface area (Å²) in [6.07, 6.45) is 1.29. The first kappa shape index (κ1) is 17.1. The number of benzene rings is 1. The molecule has 23 heavy (non-hydrogen) atoms. The second kappa shape index (κ2) is 6.89. The zero-order chi connectivity index (χ0) is 17.0. The SMILES string of the molecule is CC(C)(C)OC(=O)N1CCC[C@H]1COC(=O)c1ccccc1N. The highest BCUT2D eigenvalue weighted by atomic mass is 16.6. The molecule has 0 aliphatic carbocycles. The molecule has 0 spiro atoms. The summed E-state index contributed by atoms with van der Waals surface area (Å²) in [5, 5.41) is 0. The van der Waals surface area contributed by atoms with Crippen LogP contribution in [0.15, 0.2) is 24.3 Å². The molecule has 1 heterocycles. The molecule has 1 aliphatic heterocycles. The molecule has 6 heteroatoms. The first-order chi connectivity index (χ1) is 10.8. The van der Waals surface area contributed by atoms with Gasteiger partial charge in [0.15, 0.2) is 0 Å². The molecule has 1 aromatic carbocycles. The predicted octanol–water partition coefficient (Wildman–Crippen LogP) is 2.83. The molecule has 1 atom stereocenters. The molecular formula is C17H24N2O4. The maximum Gasteiger partial charge on any atom is 0.410 e. The molecule has 1 fully saturated rings. The van der Waals surface area contributed by atoms with Crippen LogP contribution in [0.4, 0.5) is 10.5 Å². The molecule has 126 valence electrons. The number of carbonyl (C=O) groups is 2. The molecular weight excluding hydrogens is 296 g/mol. The lowest BCUT2D eigenvalue weighted by atomic mass is 10.2. The van der Waals surface area contributed by atoms with E-state index in [1.54, 1.807) is 29.2 Å². The normalized spacial score (nSPS) is 17.9. The lowest BCUT2D eigenvalue weighted by molar-refractivity contribution is 0.0106. The van der Waals surface area contributed by atoms with Crippen molar-refractivity contribution in [3.05, 3.63) is 29.8 Å². The fourth-order valence-corrected chi connectivity index (χ4v) is 2.50. The number of rotatable bonds is 3. The Bertz CT molecular complexity index is 580. The molecule has 6 nitrogen and oxygen atoms in total. The maximum atomic E-state index is 12.2. The third-order valence-corrected chi connectivity index (χ3v) is 3.59. The largest absolute Gasteiger partial charge is 0.460 e. The van der Waals surface area contributed by atoms with Crippen LogP contribution in [0.5, 0.6) is 0 Å². The van der Waals surface area contributed by atoms with Crippen molar-refractivity contribution in [3.63, 3.8) is 0 Å². The number of carbonyl (C=O) groups excluding carboxylic acids is 2. The van der Waals surface area contributed by atoms with Crippen molar-refractivity contribution >= 4 is 17.7 Å². The van der Waals surface area contributed by atoms with Crippen LogP contribution >= 0.6 is 0 Å². The number of esters is 1. The van der Waals surface area contributed by atoms with Crippen LogP contribution in [-0.2, 0) is 9.47 Å². The third kappa shape index (κ3) is 4.61. The smallest absolute Gasteiger partial charge is 0.410 e. The zero-order valence-corrected chi connectivity index (χ0v) is 13.9. The summed E-state index contributed by atoms with van der Waals surface area (Å²) < 4.78 is 10.7. The van der Waals surface area contributed by atoms with E-state index in [0.29, 0.717) is 17.8 Å². The highest BCUT2D eigenvalue weighted by Gasteiger charge is 2.33. The summed E-state index contributed by atoms with van der Waals surface area (Å²) in [6, 6.07) is 6.61. The summed E-state index contributed by atoms with van der Waals surface area (Å²) >= 11 is 0. The van der Waals surface area contributed by atoms with Crippen molar-refractivity contribution in [1.82, 2.24) is 4.90 Å². The minimum atomic E-state index is -0.542. The number of para-hydroxylation sites is 1. The summed E-state index contributed by atoms with van der Waals surface area (Å²) in [4.78, 5) is 25.9. The molecule has 1 amide bonds. The number of amides is 1. The Hall–Kier alpha value is -2.24. The van der Waals surface area contributed by atoms with Crippen LogP contribution in [0.1, 0.15) is 44.0 Å². The van der Waals surface area contributed by atoms with Crippen molar-refractivity contribution in [3.8, 4) is 0 Å². The van der Waals surface area contributed by atoms with Crippen LogP contribution in [0.2, 0.25) is 0 Å². The van der Waals surface area contributed by atoms with Gasteiger partial charge in [-0.2, -0.15) is 0 Å². The van der Waals surface area contributed by atoms with E-state index < -0.39 is 11.6 Å². The molecule has 1 saturated heterocycles. The Morgan fingerprint density at radius 2 is 2.00 bits per heavy atom. The van der Waals surface area contributed by atoms with Gasteiger partial charge in [-0.15, -0.1) is 0 Å². The monoisotopic (exact) mass is 320 g/mol. The number of hydrogen-bond acceptors (Lipinski definition) is 5. The van der Waals surface area contributed by atoms with Gasteiger partial charge >= 0.3 is 12.1 Å². The van der Waals surface area contributed by atoms with Gasteiger partial charge in [0.05, 0.1) is 11.6 Å².